The highest BCUT2D eigenvalue weighted by atomic mass is 35.5. The molecule has 114 valence electrons. The molecule has 0 bridgehead atoms. The summed E-state index contributed by atoms with van der Waals surface area (Å²) in [6, 6.07) is 5.79. The molecule has 1 aliphatic rings. The molecule has 0 saturated carbocycles. The number of aromatic nitrogens is 3. The zero-order chi connectivity index (χ0) is 15.9. The van der Waals surface area contributed by atoms with Crippen LogP contribution in [0.4, 0.5) is 5.95 Å². The number of halogens is 1. The molecule has 1 unspecified atom stereocenters. The lowest BCUT2D eigenvalue weighted by atomic mass is 10.2. The Morgan fingerprint density at radius 1 is 1.45 bits per heavy atom. The van der Waals surface area contributed by atoms with Gasteiger partial charge in [-0.3, -0.25) is 0 Å². The summed E-state index contributed by atoms with van der Waals surface area (Å²) in [7, 11) is -3.88. The standard InChI is InChI=1S/C13H12ClN5O2S/c1-9-4-5-18-13(16-8-17-18)19(9)22(20,21)12-3-2-10(7-15)6-11(12)14/h2-3,6,8-9H,4-5H2,1H3. The lowest BCUT2D eigenvalue weighted by molar-refractivity contribution is 0.473. The molecule has 1 aromatic carbocycles. The van der Waals surface area contributed by atoms with Gasteiger partial charge in [0.1, 0.15) is 11.2 Å². The second-order valence-corrected chi connectivity index (χ2v) is 7.17. The molecule has 0 N–H and O–H groups in total. The van der Waals surface area contributed by atoms with E-state index < -0.39 is 10.0 Å². The molecule has 3 rings (SSSR count). The van der Waals surface area contributed by atoms with Crippen LogP contribution in [0.25, 0.3) is 0 Å². The fraction of sp³-hybridized carbons (Fsp3) is 0.308. The predicted octanol–water partition coefficient (Wildman–Crippen LogP) is 1.79. The van der Waals surface area contributed by atoms with Crippen LogP contribution >= 0.6 is 11.6 Å². The molecule has 2 aromatic rings. The molecular weight excluding hydrogens is 326 g/mol. The molecule has 9 heteroatoms. The molecule has 1 atom stereocenters. The third kappa shape index (κ3) is 2.23. The van der Waals surface area contributed by atoms with Crippen molar-refractivity contribution in [3.8, 4) is 6.07 Å². The Morgan fingerprint density at radius 2 is 2.23 bits per heavy atom. The summed E-state index contributed by atoms with van der Waals surface area (Å²) in [5.74, 6) is 0.277. The largest absolute Gasteiger partial charge is 0.268 e. The first-order valence-corrected chi connectivity index (χ1v) is 8.39. The fourth-order valence-electron chi connectivity index (χ4n) is 2.44. The van der Waals surface area contributed by atoms with Gasteiger partial charge in [-0.05, 0) is 31.5 Å². The summed E-state index contributed by atoms with van der Waals surface area (Å²) in [6.07, 6.45) is 1.96. The summed E-state index contributed by atoms with van der Waals surface area (Å²) < 4.78 is 28.7. The van der Waals surface area contributed by atoms with Crippen molar-refractivity contribution in [1.82, 2.24) is 14.8 Å². The third-order valence-corrected chi connectivity index (χ3v) is 5.93. The van der Waals surface area contributed by atoms with Crippen molar-refractivity contribution in [2.24, 2.45) is 0 Å². The number of nitriles is 1. The van der Waals surface area contributed by atoms with E-state index in [2.05, 4.69) is 10.1 Å². The van der Waals surface area contributed by atoms with Crippen LogP contribution in [0.15, 0.2) is 29.4 Å². The van der Waals surface area contributed by atoms with Gasteiger partial charge in [-0.25, -0.2) is 17.4 Å². The Kier molecular flexibility index (Phi) is 3.54. The molecule has 0 radical (unpaired) electrons. The first kappa shape index (κ1) is 14.8. The molecule has 0 spiro atoms. The number of benzene rings is 1. The lowest BCUT2D eigenvalue weighted by Crippen LogP contribution is -2.44. The van der Waals surface area contributed by atoms with Crippen LogP contribution in [0.1, 0.15) is 18.9 Å². The summed E-state index contributed by atoms with van der Waals surface area (Å²) in [5.41, 5.74) is 0.304. The molecule has 22 heavy (non-hydrogen) atoms. The molecule has 2 heterocycles. The topological polar surface area (TPSA) is 91.9 Å². The van der Waals surface area contributed by atoms with Gasteiger partial charge in [0.25, 0.3) is 10.0 Å². The first-order valence-electron chi connectivity index (χ1n) is 6.57. The van der Waals surface area contributed by atoms with Crippen molar-refractivity contribution >= 4 is 27.6 Å². The van der Waals surface area contributed by atoms with Gasteiger partial charge in [-0.2, -0.15) is 15.3 Å². The van der Waals surface area contributed by atoms with Crippen molar-refractivity contribution in [3.05, 3.63) is 35.1 Å². The number of nitrogens with zero attached hydrogens (tertiary/aromatic N) is 5. The van der Waals surface area contributed by atoms with E-state index in [0.29, 0.717) is 18.5 Å². The molecule has 0 amide bonds. The van der Waals surface area contributed by atoms with Crippen LogP contribution < -0.4 is 4.31 Å². The van der Waals surface area contributed by atoms with Gasteiger partial charge in [0.05, 0.1) is 16.7 Å². The molecule has 0 fully saturated rings. The van der Waals surface area contributed by atoms with Gasteiger partial charge in [0.15, 0.2) is 0 Å². The van der Waals surface area contributed by atoms with Crippen LogP contribution in [0, 0.1) is 11.3 Å². The molecule has 1 aliphatic heterocycles. The van der Waals surface area contributed by atoms with E-state index in [1.165, 1.54) is 28.8 Å². The van der Waals surface area contributed by atoms with Crippen LogP contribution in [0.2, 0.25) is 5.02 Å². The number of rotatable bonds is 2. The minimum atomic E-state index is -3.88. The number of fused-ring (bicyclic) bond motifs is 1. The van der Waals surface area contributed by atoms with E-state index in [0.717, 1.165) is 0 Å². The van der Waals surface area contributed by atoms with Crippen molar-refractivity contribution in [2.45, 2.75) is 30.8 Å². The van der Waals surface area contributed by atoms with Gasteiger partial charge in [-0.1, -0.05) is 11.6 Å². The average Bonchev–Trinajstić information content (AvgIpc) is 2.94. The van der Waals surface area contributed by atoms with E-state index in [4.69, 9.17) is 16.9 Å². The number of hydrogen-bond acceptors (Lipinski definition) is 5. The van der Waals surface area contributed by atoms with E-state index in [9.17, 15) is 8.42 Å². The van der Waals surface area contributed by atoms with Crippen molar-refractivity contribution < 1.29 is 8.42 Å². The number of aryl methyl sites for hydroxylation is 1. The Morgan fingerprint density at radius 3 is 2.91 bits per heavy atom. The van der Waals surface area contributed by atoms with Crippen LogP contribution in [-0.4, -0.2) is 29.2 Å². The maximum absolute atomic E-state index is 13.0. The molecule has 0 aliphatic carbocycles. The van der Waals surface area contributed by atoms with Gasteiger partial charge in [0.2, 0.25) is 5.95 Å². The predicted molar refractivity (Wildman–Crippen MR) is 79.9 cm³/mol. The van der Waals surface area contributed by atoms with Crippen LogP contribution in [0.3, 0.4) is 0 Å². The molecular formula is C13H12ClN5O2S. The van der Waals surface area contributed by atoms with E-state index >= 15 is 0 Å². The number of hydrogen-bond donors (Lipinski definition) is 0. The SMILES string of the molecule is CC1CCn2ncnc2N1S(=O)(=O)c1ccc(C#N)cc1Cl. The molecule has 1 aromatic heterocycles. The molecule has 7 nitrogen and oxygen atoms in total. The first-order chi connectivity index (χ1) is 10.4. The second kappa shape index (κ2) is 5.26. The Bertz CT molecular complexity index is 871. The summed E-state index contributed by atoms with van der Waals surface area (Å²) >= 11 is 6.06. The minimum Gasteiger partial charge on any atom is -0.231 e. The Hall–Kier alpha value is -2.11. The summed E-state index contributed by atoms with van der Waals surface area (Å²) in [4.78, 5) is 4.00. The quantitative estimate of drug-likeness (QED) is 0.833. The van der Waals surface area contributed by atoms with Gasteiger partial charge >= 0.3 is 0 Å². The zero-order valence-corrected chi connectivity index (χ0v) is 13.2. The minimum absolute atomic E-state index is 0.0166. The maximum Gasteiger partial charge on any atom is 0.268 e. The average molecular weight is 338 g/mol. The van der Waals surface area contributed by atoms with Crippen LogP contribution in [0.5, 0.6) is 0 Å². The van der Waals surface area contributed by atoms with Crippen molar-refractivity contribution in [2.75, 3.05) is 4.31 Å². The lowest BCUT2D eigenvalue weighted by Gasteiger charge is -2.33. The Labute approximate surface area is 132 Å². The highest BCUT2D eigenvalue weighted by Crippen LogP contribution is 2.32. The van der Waals surface area contributed by atoms with Crippen molar-refractivity contribution in [3.63, 3.8) is 0 Å². The van der Waals surface area contributed by atoms with Gasteiger partial charge < -0.3 is 0 Å². The Balaban J connectivity index is 2.14. The third-order valence-electron chi connectivity index (χ3n) is 3.55. The monoisotopic (exact) mass is 337 g/mol. The zero-order valence-electron chi connectivity index (χ0n) is 11.6. The van der Waals surface area contributed by atoms with E-state index in [-0.39, 0.29) is 21.9 Å². The normalized spacial score (nSPS) is 17.9. The number of sulfonamides is 1. The van der Waals surface area contributed by atoms with Crippen molar-refractivity contribution in [1.29, 1.82) is 5.26 Å². The smallest absolute Gasteiger partial charge is 0.231 e. The van der Waals surface area contributed by atoms with Gasteiger partial charge in [0, 0.05) is 12.6 Å². The summed E-state index contributed by atoms with van der Waals surface area (Å²) in [6.45, 7) is 2.43. The fourth-order valence-corrected chi connectivity index (χ4v) is 4.61. The van der Waals surface area contributed by atoms with E-state index in [1.54, 1.807) is 4.68 Å². The highest BCUT2D eigenvalue weighted by Gasteiger charge is 2.36. The second-order valence-electron chi connectivity index (χ2n) is 4.98. The summed E-state index contributed by atoms with van der Waals surface area (Å²) in [5, 5.41) is 12.9. The van der Waals surface area contributed by atoms with Gasteiger partial charge in [-0.15, -0.1) is 0 Å². The van der Waals surface area contributed by atoms with E-state index in [1.807, 2.05) is 13.0 Å². The number of anilines is 1. The maximum atomic E-state index is 13.0. The highest BCUT2D eigenvalue weighted by molar-refractivity contribution is 7.93. The molecule has 0 saturated heterocycles. The van der Waals surface area contributed by atoms with Crippen LogP contribution in [-0.2, 0) is 16.6 Å².